The van der Waals surface area contributed by atoms with Gasteiger partial charge in [-0.1, -0.05) is 0 Å². The van der Waals surface area contributed by atoms with E-state index in [1.807, 2.05) is 0 Å². The average molecular weight is 268 g/mol. The largest absolute Gasteiger partial charge is 0.480 e. The normalized spacial score (nSPS) is 11.9. The van der Waals surface area contributed by atoms with Crippen LogP contribution in [0.15, 0.2) is 12.5 Å². The summed E-state index contributed by atoms with van der Waals surface area (Å²) in [7, 11) is 0. The fraction of sp³-hybridized carbons (Fsp3) is 0.455. The number of aromatic amines is 1. The molecule has 104 valence electrons. The predicted octanol–water partition coefficient (Wildman–Crippen LogP) is -0.871. The number of amides is 2. The Hall–Kier alpha value is -2.22. The summed E-state index contributed by atoms with van der Waals surface area (Å²) in [5, 5.41) is 9.19. The van der Waals surface area contributed by atoms with Crippen molar-refractivity contribution < 1.29 is 19.5 Å². The Morgan fingerprint density at radius 2 is 2.21 bits per heavy atom. The summed E-state index contributed by atoms with van der Waals surface area (Å²) in [5.41, 5.74) is 5.71. The molecule has 1 atom stereocenters. The summed E-state index contributed by atoms with van der Waals surface area (Å²) in [5.74, 6) is -2.48. The molecule has 2 amide bonds. The van der Waals surface area contributed by atoms with Crippen molar-refractivity contribution in [1.29, 1.82) is 0 Å². The van der Waals surface area contributed by atoms with Gasteiger partial charge < -0.3 is 15.8 Å². The van der Waals surface area contributed by atoms with Crippen molar-refractivity contribution in [2.45, 2.75) is 25.8 Å². The van der Waals surface area contributed by atoms with E-state index in [0.717, 1.165) is 11.8 Å². The van der Waals surface area contributed by atoms with Crippen molar-refractivity contribution in [1.82, 2.24) is 14.9 Å². The molecular formula is C11H16N4O4. The van der Waals surface area contributed by atoms with Crippen LogP contribution in [0, 0.1) is 0 Å². The first-order chi connectivity index (χ1) is 8.97. The van der Waals surface area contributed by atoms with Crippen LogP contribution in [-0.4, -0.2) is 50.3 Å². The third-order valence-corrected chi connectivity index (χ3v) is 2.52. The van der Waals surface area contributed by atoms with Crippen LogP contribution < -0.4 is 5.73 Å². The number of carboxylic acids is 1. The van der Waals surface area contributed by atoms with Crippen molar-refractivity contribution in [3.8, 4) is 0 Å². The maximum atomic E-state index is 11.8. The number of rotatable bonds is 6. The summed E-state index contributed by atoms with van der Waals surface area (Å²) in [6.07, 6.45) is 2.79. The number of H-pyrrole nitrogens is 1. The van der Waals surface area contributed by atoms with E-state index in [1.54, 1.807) is 0 Å². The zero-order chi connectivity index (χ0) is 14.4. The van der Waals surface area contributed by atoms with Gasteiger partial charge in [-0.15, -0.1) is 0 Å². The number of nitrogens with two attached hydrogens (primary N) is 1. The van der Waals surface area contributed by atoms with Gasteiger partial charge in [0.2, 0.25) is 11.8 Å². The Balaban J connectivity index is 2.96. The number of aromatic nitrogens is 2. The number of carboxylic acid groups (broad SMARTS) is 1. The Kier molecular flexibility index (Phi) is 5.19. The molecule has 1 aromatic rings. The molecule has 1 heterocycles. The number of carbonyl (C=O) groups is 3. The van der Waals surface area contributed by atoms with Gasteiger partial charge in [0.05, 0.1) is 12.0 Å². The minimum atomic E-state index is -1.28. The number of carbonyl (C=O) groups excluding carboxylic acids is 2. The van der Waals surface area contributed by atoms with Crippen molar-refractivity contribution in [3.63, 3.8) is 0 Å². The van der Waals surface area contributed by atoms with Crippen LogP contribution in [-0.2, 0) is 20.8 Å². The second-order valence-corrected chi connectivity index (χ2v) is 3.94. The van der Waals surface area contributed by atoms with Crippen molar-refractivity contribution in [2.24, 2.45) is 5.73 Å². The van der Waals surface area contributed by atoms with E-state index in [9.17, 15) is 19.5 Å². The molecular weight excluding hydrogens is 252 g/mol. The molecule has 4 N–H and O–H groups in total. The molecule has 0 fully saturated rings. The lowest BCUT2D eigenvalue weighted by Gasteiger charge is -2.25. The maximum absolute atomic E-state index is 11.8. The molecule has 0 aliphatic carbocycles. The van der Waals surface area contributed by atoms with Crippen LogP contribution in [0.4, 0.5) is 0 Å². The number of nitrogens with one attached hydrogen (secondary N) is 1. The van der Waals surface area contributed by atoms with Gasteiger partial charge in [0.1, 0.15) is 6.04 Å². The minimum Gasteiger partial charge on any atom is -0.480 e. The summed E-state index contributed by atoms with van der Waals surface area (Å²) >= 11 is 0. The fourth-order valence-corrected chi connectivity index (χ4v) is 1.70. The highest BCUT2D eigenvalue weighted by Crippen LogP contribution is 2.10. The van der Waals surface area contributed by atoms with Gasteiger partial charge in [-0.3, -0.25) is 14.5 Å². The van der Waals surface area contributed by atoms with Gasteiger partial charge in [-0.25, -0.2) is 9.78 Å². The Morgan fingerprint density at radius 3 is 2.63 bits per heavy atom. The monoisotopic (exact) mass is 268 g/mol. The second-order valence-electron chi connectivity index (χ2n) is 3.94. The van der Waals surface area contributed by atoms with E-state index in [0.29, 0.717) is 5.69 Å². The van der Waals surface area contributed by atoms with Crippen LogP contribution in [0.3, 0.4) is 0 Å². The Labute approximate surface area is 109 Å². The molecule has 0 saturated carbocycles. The lowest BCUT2D eigenvalue weighted by molar-refractivity contribution is -0.157. The average Bonchev–Trinajstić information content (AvgIpc) is 2.80. The first-order valence-electron chi connectivity index (χ1n) is 5.70. The van der Waals surface area contributed by atoms with E-state index in [1.165, 1.54) is 12.5 Å². The number of hydrogen-bond donors (Lipinski definition) is 3. The van der Waals surface area contributed by atoms with E-state index in [-0.39, 0.29) is 19.4 Å². The second kappa shape index (κ2) is 6.64. The quantitative estimate of drug-likeness (QED) is 0.615. The molecule has 19 heavy (non-hydrogen) atoms. The number of imide groups is 1. The molecule has 0 spiro atoms. The van der Waals surface area contributed by atoms with Gasteiger partial charge in [0, 0.05) is 32.5 Å². The van der Waals surface area contributed by atoms with Gasteiger partial charge >= 0.3 is 5.97 Å². The summed E-state index contributed by atoms with van der Waals surface area (Å²) in [6, 6.07) is -1.28. The molecule has 0 saturated heterocycles. The van der Waals surface area contributed by atoms with E-state index < -0.39 is 23.8 Å². The fourth-order valence-electron chi connectivity index (χ4n) is 1.70. The number of nitrogens with zero attached hydrogens (tertiary/aromatic N) is 2. The van der Waals surface area contributed by atoms with Crippen molar-refractivity contribution >= 4 is 17.8 Å². The number of hydrogen-bond acceptors (Lipinski definition) is 5. The SMILES string of the molecule is CC(=O)N(C(=O)CCN)C(Cc1c[nH]cn1)C(=O)O. The molecule has 8 nitrogen and oxygen atoms in total. The van der Waals surface area contributed by atoms with Gasteiger partial charge in [-0.2, -0.15) is 0 Å². The van der Waals surface area contributed by atoms with Crippen LogP contribution in [0.5, 0.6) is 0 Å². The summed E-state index contributed by atoms with van der Waals surface area (Å²) in [6.45, 7) is 1.20. The first-order valence-corrected chi connectivity index (χ1v) is 5.70. The van der Waals surface area contributed by atoms with Crippen molar-refractivity contribution in [3.05, 3.63) is 18.2 Å². The summed E-state index contributed by atoms with van der Waals surface area (Å²) < 4.78 is 0. The highest BCUT2D eigenvalue weighted by Gasteiger charge is 2.32. The van der Waals surface area contributed by atoms with Crippen LogP contribution >= 0.6 is 0 Å². The van der Waals surface area contributed by atoms with Crippen molar-refractivity contribution in [2.75, 3.05) is 6.54 Å². The molecule has 8 heteroatoms. The highest BCUT2D eigenvalue weighted by molar-refractivity contribution is 5.98. The van der Waals surface area contributed by atoms with E-state index in [2.05, 4.69) is 9.97 Å². The Bertz CT molecular complexity index is 457. The van der Waals surface area contributed by atoms with E-state index >= 15 is 0 Å². The zero-order valence-electron chi connectivity index (χ0n) is 10.5. The van der Waals surface area contributed by atoms with Crippen LogP contribution in [0.25, 0.3) is 0 Å². The van der Waals surface area contributed by atoms with Gasteiger partial charge in [-0.05, 0) is 0 Å². The third-order valence-electron chi connectivity index (χ3n) is 2.52. The summed E-state index contributed by atoms with van der Waals surface area (Å²) in [4.78, 5) is 41.9. The smallest absolute Gasteiger partial charge is 0.327 e. The predicted molar refractivity (Wildman–Crippen MR) is 64.9 cm³/mol. The molecule has 0 aliphatic heterocycles. The minimum absolute atomic E-state index is 0.0469. The maximum Gasteiger partial charge on any atom is 0.327 e. The Morgan fingerprint density at radius 1 is 1.53 bits per heavy atom. The standard InChI is InChI=1S/C11H16N4O4/c1-7(16)15(10(17)2-3-12)9(11(18)19)4-8-5-13-6-14-8/h5-6,9H,2-4,12H2,1H3,(H,13,14)(H,18,19). The lowest BCUT2D eigenvalue weighted by Crippen LogP contribution is -2.49. The highest BCUT2D eigenvalue weighted by atomic mass is 16.4. The number of aliphatic carboxylic acids is 1. The van der Waals surface area contributed by atoms with Crippen LogP contribution in [0.1, 0.15) is 19.0 Å². The van der Waals surface area contributed by atoms with Gasteiger partial charge in [0.25, 0.3) is 0 Å². The molecule has 0 bridgehead atoms. The van der Waals surface area contributed by atoms with E-state index in [4.69, 9.17) is 5.73 Å². The molecule has 1 unspecified atom stereocenters. The number of imidazole rings is 1. The molecule has 1 aromatic heterocycles. The zero-order valence-corrected chi connectivity index (χ0v) is 10.5. The molecule has 0 aliphatic rings. The molecule has 0 aromatic carbocycles. The van der Waals surface area contributed by atoms with Gasteiger partial charge in [0.15, 0.2) is 0 Å². The first kappa shape index (κ1) is 14.8. The lowest BCUT2D eigenvalue weighted by atomic mass is 10.1. The molecule has 1 rings (SSSR count). The van der Waals surface area contributed by atoms with Crippen LogP contribution in [0.2, 0.25) is 0 Å². The molecule has 0 radical (unpaired) electrons. The third kappa shape index (κ3) is 3.88. The topological polar surface area (TPSA) is 129 Å².